The second-order valence-electron chi connectivity index (χ2n) is 6.74. The molecule has 0 amide bonds. The Hall–Kier alpha value is -1.09. The molecule has 1 aromatic heterocycles. The van der Waals surface area contributed by atoms with Gasteiger partial charge in [0.1, 0.15) is 0 Å². The lowest BCUT2D eigenvalue weighted by Gasteiger charge is -2.42. The molecule has 3 nitrogen and oxygen atoms in total. The maximum atomic E-state index is 4.48. The van der Waals surface area contributed by atoms with Crippen LogP contribution in [0.25, 0.3) is 0 Å². The summed E-state index contributed by atoms with van der Waals surface area (Å²) in [6.45, 7) is 12.3. The minimum Gasteiger partial charge on any atom is -0.371 e. The summed E-state index contributed by atoms with van der Waals surface area (Å²) in [7, 11) is 0. The Morgan fingerprint density at radius 3 is 2.48 bits per heavy atom. The summed E-state index contributed by atoms with van der Waals surface area (Å²) in [6, 6.07) is 4.91. The molecule has 118 valence electrons. The molecule has 1 fully saturated rings. The lowest BCUT2D eigenvalue weighted by Crippen LogP contribution is -2.39. The van der Waals surface area contributed by atoms with Gasteiger partial charge in [0.25, 0.3) is 0 Å². The van der Waals surface area contributed by atoms with Gasteiger partial charge in [0.05, 0.1) is 5.69 Å². The third-order valence-electron chi connectivity index (χ3n) is 5.18. The number of hydrogen-bond donors (Lipinski definition) is 1. The quantitative estimate of drug-likeness (QED) is 0.858. The Balaban J connectivity index is 1.98. The van der Waals surface area contributed by atoms with Gasteiger partial charge in [-0.15, -0.1) is 0 Å². The highest BCUT2D eigenvalue weighted by Crippen LogP contribution is 2.39. The molecule has 1 N–H and O–H groups in total. The van der Waals surface area contributed by atoms with Crippen molar-refractivity contribution in [2.24, 2.45) is 5.41 Å². The van der Waals surface area contributed by atoms with Crippen LogP contribution in [-0.2, 0) is 6.54 Å². The number of rotatable bonds is 6. The topological polar surface area (TPSA) is 28.2 Å². The van der Waals surface area contributed by atoms with Crippen molar-refractivity contribution in [1.82, 2.24) is 10.3 Å². The molecule has 0 radical (unpaired) electrons. The molecule has 0 saturated carbocycles. The normalized spacial score (nSPS) is 18.2. The van der Waals surface area contributed by atoms with E-state index in [0.717, 1.165) is 12.2 Å². The van der Waals surface area contributed by atoms with E-state index in [9.17, 15) is 0 Å². The smallest absolute Gasteiger partial charge is 0.0562 e. The van der Waals surface area contributed by atoms with Crippen LogP contribution in [0.5, 0.6) is 0 Å². The molecule has 0 aromatic carbocycles. The van der Waals surface area contributed by atoms with Crippen molar-refractivity contribution in [3.8, 4) is 0 Å². The first-order chi connectivity index (χ1) is 10.1. The van der Waals surface area contributed by atoms with Gasteiger partial charge in [0.2, 0.25) is 0 Å². The summed E-state index contributed by atoms with van der Waals surface area (Å²) in [5, 5.41) is 3.44. The molecular weight excluding hydrogens is 258 g/mol. The van der Waals surface area contributed by atoms with Gasteiger partial charge in [0, 0.05) is 37.6 Å². The Kier molecular flexibility index (Phi) is 5.63. The number of piperidine rings is 1. The fraction of sp³-hybridized carbons (Fsp3) is 0.722. The van der Waals surface area contributed by atoms with E-state index >= 15 is 0 Å². The van der Waals surface area contributed by atoms with E-state index in [4.69, 9.17) is 0 Å². The molecule has 0 atom stereocenters. The maximum absolute atomic E-state index is 4.48. The van der Waals surface area contributed by atoms with E-state index in [0.29, 0.717) is 11.5 Å². The lowest BCUT2D eigenvalue weighted by molar-refractivity contribution is 0.199. The van der Waals surface area contributed by atoms with Crippen LogP contribution in [0.15, 0.2) is 18.3 Å². The largest absolute Gasteiger partial charge is 0.371 e. The molecule has 2 rings (SSSR count). The average molecular weight is 289 g/mol. The number of nitrogens with zero attached hydrogens (tertiary/aromatic N) is 2. The molecule has 21 heavy (non-hydrogen) atoms. The summed E-state index contributed by atoms with van der Waals surface area (Å²) in [5.41, 5.74) is 3.07. The summed E-state index contributed by atoms with van der Waals surface area (Å²) < 4.78 is 0. The average Bonchev–Trinajstić information content (AvgIpc) is 2.53. The van der Waals surface area contributed by atoms with Gasteiger partial charge in [-0.2, -0.15) is 0 Å². The van der Waals surface area contributed by atoms with Gasteiger partial charge in [0.15, 0.2) is 0 Å². The van der Waals surface area contributed by atoms with Gasteiger partial charge >= 0.3 is 0 Å². The maximum Gasteiger partial charge on any atom is 0.0562 e. The number of hydrogen-bond acceptors (Lipinski definition) is 3. The van der Waals surface area contributed by atoms with Crippen LogP contribution in [0.1, 0.15) is 59.1 Å². The van der Waals surface area contributed by atoms with Crippen LogP contribution in [-0.4, -0.2) is 24.1 Å². The molecule has 3 heteroatoms. The van der Waals surface area contributed by atoms with Crippen molar-refractivity contribution >= 4 is 5.69 Å². The van der Waals surface area contributed by atoms with Gasteiger partial charge in [-0.05, 0) is 30.4 Å². The predicted molar refractivity (Wildman–Crippen MR) is 90.7 cm³/mol. The molecule has 0 aliphatic carbocycles. The Bertz CT molecular complexity index is 428. The first-order valence-corrected chi connectivity index (χ1v) is 8.52. The van der Waals surface area contributed by atoms with Gasteiger partial charge in [-0.1, -0.05) is 40.5 Å². The predicted octanol–water partition coefficient (Wildman–Crippen LogP) is 3.99. The van der Waals surface area contributed by atoms with Crippen LogP contribution < -0.4 is 10.2 Å². The first-order valence-electron chi connectivity index (χ1n) is 8.52. The SMILES string of the molecule is CCC1(CC)CCN(c2ccnc(CNC(C)C)c2)CC1. The standard InChI is InChI=1S/C18H31N3/c1-5-18(6-2)8-11-21(12-9-18)17-7-10-19-16(13-17)14-20-15(3)4/h7,10,13,15,20H,5-6,8-9,11-12,14H2,1-4H3. The zero-order valence-corrected chi connectivity index (χ0v) is 14.2. The molecule has 1 aliphatic heterocycles. The second kappa shape index (κ2) is 7.26. The number of pyridine rings is 1. The zero-order chi connectivity index (χ0) is 15.3. The summed E-state index contributed by atoms with van der Waals surface area (Å²) >= 11 is 0. The molecule has 1 aromatic rings. The van der Waals surface area contributed by atoms with Crippen molar-refractivity contribution in [2.75, 3.05) is 18.0 Å². The second-order valence-corrected chi connectivity index (χ2v) is 6.74. The third-order valence-corrected chi connectivity index (χ3v) is 5.18. The van der Waals surface area contributed by atoms with Crippen LogP contribution >= 0.6 is 0 Å². The van der Waals surface area contributed by atoms with Crippen molar-refractivity contribution in [3.63, 3.8) is 0 Å². The summed E-state index contributed by atoms with van der Waals surface area (Å²) in [5.74, 6) is 0. The Morgan fingerprint density at radius 1 is 1.24 bits per heavy atom. The van der Waals surface area contributed by atoms with Crippen LogP contribution in [0, 0.1) is 5.41 Å². The highest BCUT2D eigenvalue weighted by atomic mass is 15.1. The Morgan fingerprint density at radius 2 is 1.90 bits per heavy atom. The molecule has 1 aliphatic rings. The van der Waals surface area contributed by atoms with Gasteiger partial charge in [-0.3, -0.25) is 4.98 Å². The van der Waals surface area contributed by atoms with Gasteiger partial charge in [-0.25, -0.2) is 0 Å². The van der Waals surface area contributed by atoms with Crippen molar-refractivity contribution in [2.45, 2.75) is 66.0 Å². The van der Waals surface area contributed by atoms with E-state index in [2.05, 4.69) is 55.0 Å². The Labute approximate surface area is 130 Å². The summed E-state index contributed by atoms with van der Waals surface area (Å²) in [4.78, 5) is 7.01. The molecule has 0 spiro atoms. The fourth-order valence-electron chi connectivity index (χ4n) is 3.26. The molecule has 0 unspecified atom stereocenters. The van der Waals surface area contributed by atoms with Crippen molar-refractivity contribution in [3.05, 3.63) is 24.0 Å². The monoisotopic (exact) mass is 289 g/mol. The third kappa shape index (κ3) is 4.19. The van der Waals surface area contributed by atoms with Crippen LogP contribution in [0.2, 0.25) is 0 Å². The minimum atomic E-state index is 0.500. The summed E-state index contributed by atoms with van der Waals surface area (Å²) in [6.07, 6.45) is 7.23. The first kappa shape index (κ1) is 16.3. The highest BCUT2D eigenvalue weighted by Gasteiger charge is 2.31. The lowest BCUT2D eigenvalue weighted by atomic mass is 9.74. The zero-order valence-electron chi connectivity index (χ0n) is 14.2. The number of nitrogens with one attached hydrogen (secondary N) is 1. The van der Waals surface area contributed by atoms with E-state index in [1.54, 1.807) is 0 Å². The van der Waals surface area contributed by atoms with Crippen LogP contribution in [0.3, 0.4) is 0 Å². The molecule has 2 heterocycles. The van der Waals surface area contributed by atoms with E-state index in [-0.39, 0.29) is 0 Å². The molecule has 0 bridgehead atoms. The molecule has 1 saturated heterocycles. The van der Waals surface area contributed by atoms with E-state index < -0.39 is 0 Å². The van der Waals surface area contributed by atoms with Gasteiger partial charge < -0.3 is 10.2 Å². The highest BCUT2D eigenvalue weighted by molar-refractivity contribution is 5.47. The van der Waals surface area contributed by atoms with Crippen molar-refractivity contribution in [1.29, 1.82) is 0 Å². The minimum absolute atomic E-state index is 0.500. The van der Waals surface area contributed by atoms with E-state index in [1.165, 1.54) is 44.5 Å². The van der Waals surface area contributed by atoms with E-state index in [1.807, 2.05) is 6.20 Å². The number of anilines is 1. The number of aromatic nitrogens is 1. The molecular formula is C18H31N3. The fourth-order valence-corrected chi connectivity index (χ4v) is 3.26. The van der Waals surface area contributed by atoms with Crippen LogP contribution in [0.4, 0.5) is 5.69 Å². The van der Waals surface area contributed by atoms with Crippen molar-refractivity contribution < 1.29 is 0 Å².